The number of carbonyl (C=O) groups excluding carboxylic acids is 1. The number of benzene rings is 1. The number of fused-ring (bicyclic) bond motifs is 1. The third kappa shape index (κ3) is 7.93. The molecule has 15 nitrogen and oxygen atoms in total. The molecule has 0 aromatic heterocycles. The molecule has 6 N–H and O–H groups in total. The summed E-state index contributed by atoms with van der Waals surface area (Å²) in [5.41, 5.74) is 1.68. The molecule has 3 unspecified atom stereocenters. The standard InChI is InChI=1S/C30H32N2O13/c33-21-7-23-19(5-15(21)9-31(11-25(35)36)12-26(37)38)29(17-3-1-2-4-18(17)30(43)44)20-6-16(22(34)8-24(20)45-23)10-32(13-27(39)40)14-28(41)42/h1-4,7,15-16,24,33H,5-6,8-14H2,(H,35,36)(H,37,38)(H,39,40)(H,41,42)(H,43,44). The van der Waals surface area contributed by atoms with E-state index in [1.165, 1.54) is 18.2 Å². The van der Waals surface area contributed by atoms with Gasteiger partial charge in [-0.1, -0.05) is 18.2 Å². The van der Waals surface area contributed by atoms with Gasteiger partial charge in [0.15, 0.2) is 0 Å². The number of carboxylic acids is 5. The van der Waals surface area contributed by atoms with E-state index in [0.717, 1.165) is 9.80 Å². The van der Waals surface area contributed by atoms with Gasteiger partial charge in [-0.05, 0) is 35.6 Å². The topological polar surface area (TPSA) is 240 Å². The van der Waals surface area contributed by atoms with Gasteiger partial charge in [-0.15, -0.1) is 0 Å². The Bertz CT molecular complexity index is 1490. The van der Waals surface area contributed by atoms with Crippen molar-refractivity contribution in [1.29, 1.82) is 0 Å². The number of Topliss-reactive ketones (excluding diaryl/α,β-unsaturated/α-hetero) is 1. The number of aliphatic hydroxyl groups is 1. The Morgan fingerprint density at radius 3 is 1.82 bits per heavy atom. The minimum absolute atomic E-state index is 0.00379. The predicted molar refractivity (Wildman–Crippen MR) is 152 cm³/mol. The second kappa shape index (κ2) is 13.7. The molecule has 1 aromatic rings. The molecule has 0 radical (unpaired) electrons. The molecule has 1 fully saturated rings. The van der Waals surface area contributed by atoms with Gasteiger partial charge in [-0.2, -0.15) is 0 Å². The van der Waals surface area contributed by atoms with Gasteiger partial charge in [0.1, 0.15) is 23.4 Å². The first-order valence-corrected chi connectivity index (χ1v) is 13.9. The first-order valence-electron chi connectivity index (χ1n) is 13.9. The monoisotopic (exact) mass is 628 g/mol. The van der Waals surface area contributed by atoms with Gasteiger partial charge in [0, 0.05) is 43.0 Å². The fraction of sp³-hybridized carbons (Fsp3) is 0.400. The number of ketones is 1. The Morgan fingerprint density at radius 1 is 0.756 bits per heavy atom. The molecule has 0 saturated heterocycles. The summed E-state index contributed by atoms with van der Waals surface area (Å²) in [4.78, 5) is 73.4. The van der Waals surface area contributed by atoms with Gasteiger partial charge in [-0.25, -0.2) is 4.79 Å². The molecule has 3 atom stereocenters. The van der Waals surface area contributed by atoms with E-state index in [9.17, 15) is 59.4 Å². The molecule has 0 amide bonds. The van der Waals surface area contributed by atoms with Crippen molar-refractivity contribution < 1.29 is 64.1 Å². The second-order valence-corrected chi connectivity index (χ2v) is 11.2. The number of allylic oxidation sites excluding steroid dienone is 3. The normalized spacial score (nSPS) is 21.2. The van der Waals surface area contributed by atoms with E-state index in [1.54, 1.807) is 12.1 Å². The SMILES string of the molecule is O=C(O)CN(CC(=O)O)CC1CC2=C(c3ccccc3C(=O)O)C3=C(C=C(O)C(CN(CC(=O)O)CC(=O)O)C3)OC2CC1=O. The molecule has 3 aliphatic rings. The van der Waals surface area contributed by atoms with Crippen LogP contribution in [-0.2, 0) is 28.7 Å². The van der Waals surface area contributed by atoms with E-state index in [1.807, 2.05) is 0 Å². The molecular weight excluding hydrogens is 596 g/mol. The van der Waals surface area contributed by atoms with Gasteiger partial charge in [0.2, 0.25) is 0 Å². The molecule has 45 heavy (non-hydrogen) atoms. The largest absolute Gasteiger partial charge is 0.512 e. The van der Waals surface area contributed by atoms with Crippen LogP contribution >= 0.6 is 0 Å². The van der Waals surface area contributed by atoms with Crippen LogP contribution in [0.2, 0.25) is 0 Å². The van der Waals surface area contributed by atoms with E-state index in [4.69, 9.17) is 4.74 Å². The Morgan fingerprint density at radius 2 is 1.29 bits per heavy atom. The summed E-state index contributed by atoms with van der Waals surface area (Å²) in [7, 11) is 0. The summed E-state index contributed by atoms with van der Waals surface area (Å²) >= 11 is 0. The number of nitrogens with zero attached hydrogens (tertiary/aromatic N) is 2. The van der Waals surface area contributed by atoms with Crippen molar-refractivity contribution in [3.63, 3.8) is 0 Å². The van der Waals surface area contributed by atoms with E-state index in [0.29, 0.717) is 22.3 Å². The van der Waals surface area contributed by atoms with Crippen LogP contribution in [-0.4, -0.2) is 121 Å². The Labute approximate surface area is 255 Å². The van der Waals surface area contributed by atoms with Gasteiger partial charge >= 0.3 is 29.8 Å². The lowest BCUT2D eigenvalue weighted by Crippen LogP contribution is -2.44. The average molecular weight is 629 g/mol. The molecule has 0 spiro atoms. The highest BCUT2D eigenvalue weighted by Gasteiger charge is 2.43. The van der Waals surface area contributed by atoms with E-state index in [2.05, 4.69) is 0 Å². The van der Waals surface area contributed by atoms with Gasteiger partial charge in [0.25, 0.3) is 0 Å². The van der Waals surface area contributed by atoms with E-state index < -0.39 is 74.0 Å². The fourth-order valence-electron chi connectivity index (χ4n) is 6.13. The summed E-state index contributed by atoms with van der Waals surface area (Å²) in [6.45, 7) is -2.80. The maximum Gasteiger partial charge on any atom is 0.336 e. The molecule has 240 valence electrons. The second-order valence-electron chi connectivity index (χ2n) is 11.2. The van der Waals surface area contributed by atoms with Gasteiger partial charge in [-0.3, -0.25) is 33.8 Å². The highest BCUT2D eigenvalue weighted by Crippen LogP contribution is 2.48. The summed E-state index contributed by atoms with van der Waals surface area (Å²) in [6.07, 6.45) is 0.292. The number of hydrogen-bond acceptors (Lipinski definition) is 10. The molecule has 15 heteroatoms. The first-order chi connectivity index (χ1) is 21.2. The third-order valence-corrected chi connectivity index (χ3v) is 7.85. The molecule has 1 aliphatic heterocycles. The quantitative estimate of drug-likeness (QED) is 0.169. The summed E-state index contributed by atoms with van der Waals surface area (Å²) in [6, 6.07) is 6.15. The van der Waals surface area contributed by atoms with Crippen LogP contribution in [0.1, 0.15) is 35.2 Å². The number of rotatable bonds is 14. The van der Waals surface area contributed by atoms with Gasteiger partial charge < -0.3 is 35.4 Å². The van der Waals surface area contributed by atoms with Crippen LogP contribution in [0.25, 0.3) is 5.57 Å². The zero-order valence-electron chi connectivity index (χ0n) is 23.9. The van der Waals surface area contributed by atoms with Crippen molar-refractivity contribution in [2.75, 3.05) is 39.3 Å². The Kier molecular flexibility index (Phi) is 10.0. The van der Waals surface area contributed by atoms with Crippen LogP contribution < -0.4 is 0 Å². The zero-order valence-corrected chi connectivity index (χ0v) is 23.9. The average Bonchev–Trinajstić information content (AvgIpc) is 2.91. The number of aromatic carboxylic acids is 1. The minimum Gasteiger partial charge on any atom is -0.512 e. The number of hydrogen-bond donors (Lipinski definition) is 6. The molecule has 1 heterocycles. The third-order valence-electron chi connectivity index (χ3n) is 7.85. The van der Waals surface area contributed by atoms with Crippen LogP contribution in [0.15, 0.2) is 53.0 Å². The highest BCUT2D eigenvalue weighted by molar-refractivity contribution is 5.99. The van der Waals surface area contributed by atoms with Crippen LogP contribution in [0, 0.1) is 11.8 Å². The van der Waals surface area contributed by atoms with Crippen molar-refractivity contribution in [2.24, 2.45) is 11.8 Å². The highest BCUT2D eigenvalue weighted by atomic mass is 16.5. The number of ether oxygens (including phenoxy) is 1. The van der Waals surface area contributed by atoms with Crippen LogP contribution in [0.5, 0.6) is 0 Å². The van der Waals surface area contributed by atoms with Crippen LogP contribution in [0.4, 0.5) is 0 Å². The molecule has 1 aromatic carbocycles. The summed E-state index contributed by atoms with van der Waals surface area (Å²) < 4.78 is 6.17. The molecular formula is C30H32N2O13. The van der Waals surface area contributed by atoms with Crippen molar-refractivity contribution in [2.45, 2.75) is 25.4 Å². The number of aliphatic carboxylic acids is 4. The lowest BCUT2D eigenvalue weighted by Gasteiger charge is -2.41. The van der Waals surface area contributed by atoms with Crippen molar-refractivity contribution >= 4 is 41.2 Å². The number of carboxylic acid groups (broad SMARTS) is 5. The lowest BCUT2D eigenvalue weighted by atomic mass is 9.73. The smallest absolute Gasteiger partial charge is 0.336 e. The number of aliphatic hydroxyl groups excluding tert-OH is 1. The molecule has 2 aliphatic carbocycles. The maximum atomic E-state index is 13.2. The molecule has 0 bridgehead atoms. The zero-order chi connectivity index (χ0) is 33.0. The number of carbonyl (C=O) groups is 6. The molecule has 1 saturated carbocycles. The van der Waals surface area contributed by atoms with E-state index in [-0.39, 0.29) is 55.2 Å². The maximum absolute atomic E-state index is 13.2. The fourth-order valence-corrected chi connectivity index (χ4v) is 6.13. The van der Waals surface area contributed by atoms with Crippen molar-refractivity contribution in [1.82, 2.24) is 9.80 Å². The van der Waals surface area contributed by atoms with Crippen molar-refractivity contribution in [3.8, 4) is 0 Å². The summed E-state index contributed by atoms with van der Waals surface area (Å²) in [5, 5.41) is 58.1. The first kappa shape index (κ1) is 32.9. The molecule has 4 rings (SSSR count). The Balaban J connectivity index is 1.79. The minimum atomic E-state index is -1.27. The summed E-state index contributed by atoms with van der Waals surface area (Å²) in [5.74, 6) is -8.28. The van der Waals surface area contributed by atoms with Crippen molar-refractivity contribution in [3.05, 3.63) is 64.1 Å². The predicted octanol–water partition coefficient (Wildman–Crippen LogP) is 1.17. The Hall–Kier alpha value is -5.02. The van der Waals surface area contributed by atoms with Crippen LogP contribution in [0.3, 0.4) is 0 Å². The lowest BCUT2D eigenvalue weighted by molar-refractivity contribution is -0.144. The van der Waals surface area contributed by atoms with Gasteiger partial charge in [0.05, 0.1) is 31.7 Å². The van der Waals surface area contributed by atoms with E-state index >= 15 is 0 Å².